The minimum absolute atomic E-state index is 0.0367. The van der Waals surface area contributed by atoms with E-state index in [0.29, 0.717) is 19.6 Å². The van der Waals surface area contributed by atoms with Crippen molar-refractivity contribution in [2.24, 2.45) is 38.8 Å². The van der Waals surface area contributed by atoms with Gasteiger partial charge in [-0.05, 0) is 48.4 Å². The summed E-state index contributed by atoms with van der Waals surface area (Å²) in [5, 5.41) is 9.56. The lowest BCUT2D eigenvalue weighted by atomic mass is 9.91. The number of aliphatic imine (C=N–C) groups is 2. The van der Waals surface area contributed by atoms with E-state index in [-0.39, 0.29) is 29.8 Å². The number of halogens is 3. The number of alkyl halides is 3. The molecule has 41 heavy (non-hydrogen) atoms. The predicted octanol–water partition coefficient (Wildman–Crippen LogP) is 2.90. The van der Waals surface area contributed by atoms with Gasteiger partial charge >= 0.3 is 12.1 Å². The minimum atomic E-state index is -5.08. The molecule has 0 fully saturated rings. The zero-order valence-electron chi connectivity index (χ0n) is 22.8. The van der Waals surface area contributed by atoms with Gasteiger partial charge < -0.3 is 32.9 Å². The van der Waals surface area contributed by atoms with Crippen LogP contribution < -0.4 is 22.9 Å². The fourth-order valence-electron chi connectivity index (χ4n) is 4.39. The number of aliphatic carboxylic acids is 1. The van der Waals surface area contributed by atoms with Crippen LogP contribution in [0.5, 0.6) is 0 Å². The highest BCUT2D eigenvalue weighted by Crippen LogP contribution is 2.25. The average Bonchev–Trinajstić information content (AvgIpc) is 2.90. The smallest absolute Gasteiger partial charge is 0.475 e. The number of benzene rings is 2. The van der Waals surface area contributed by atoms with Gasteiger partial charge in [0.2, 0.25) is 5.91 Å². The highest BCUT2D eigenvalue weighted by Gasteiger charge is 2.38. The Bertz CT molecular complexity index is 1240. The summed E-state index contributed by atoms with van der Waals surface area (Å²) in [7, 11) is 0. The number of carboxylic acids is 1. The first-order chi connectivity index (χ1) is 19.4. The van der Waals surface area contributed by atoms with Gasteiger partial charge in [-0.25, -0.2) is 4.79 Å². The van der Waals surface area contributed by atoms with Crippen LogP contribution in [0.1, 0.15) is 37.7 Å². The van der Waals surface area contributed by atoms with E-state index in [2.05, 4.69) is 58.5 Å². The van der Waals surface area contributed by atoms with Gasteiger partial charge in [0.15, 0.2) is 11.9 Å². The molecule has 2 aromatic carbocycles. The van der Waals surface area contributed by atoms with Crippen molar-refractivity contribution in [3.63, 3.8) is 0 Å². The molecule has 1 aliphatic heterocycles. The third-order valence-corrected chi connectivity index (χ3v) is 6.39. The number of guanidine groups is 2. The molecule has 224 valence electrons. The van der Waals surface area contributed by atoms with Gasteiger partial charge in [-0.15, -0.1) is 0 Å². The Morgan fingerprint density at radius 1 is 0.878 bits per heavy atom. The number of amides is 1. The van der Waals surface area contributed by atoms with Crippen molar-refractivity contribution in [3.8, 4) is 0 Å². The van der Waals surface area contributed by atoms with Crippen molar-refractivity contribution in [1.29, 1.82) is 0 Å². The van der Waals surface area contributed by atoms with Crippen molar-refractivity contribution in [3.05, 3.63) is 60.2 Å². The van der Waals surface area contributed by atoms with Gasteiger partial charge in [-0.2, -0.15) is 13.2 Å². The molecule has 3 rings (SSSR count). The van der Waals surface area contributed by atoms with Crippen molar-refractivity contribution in [1.82, 2.24) is 4.90 Å². The van der Waals surface area contributed by atoms with Crippen LogP contribution in [0.3, 0.4) is 0 Å². The van der Waals surface area contributed by atoms with E-state index in [9.17, 15) is 18.0 Å². The number of hydrogen-bond donors (Lipinski definition) is 5. The zero-order valence-corrected chi connectivity index (χ0v) is 22.8. The molecule has 2 atom stereocenters. The highest BCUT2D eigenvalue weighted by atomic mass is 19.4. The molecule has 0 aliphatic carbocycles. The van der Waals surface area contributed by atoms with E-state index in [4.69, 9.17) is 32.8 Å². The van der Waals surface area contributed by atoms with E-state index in [1.165, 1.54) is 16.3 Å². The molecular formula is C28H38F3N7O3. The lowest BCUT2D eigenvalue weighted by molar-refractivity contribution is -0.192. The second-order valence-corrected chi connectivity index (χ2v) is 9.59. The Morgan fingerprint density at radius 2 is 1.46 bits per heavy atom. The topological polar surface area (TPSA) is 186 Å². The molecule has 0 radical (unpaired) electrons. The van der Waals surface area contributed by atoms with Crippen molar-refractivity contribution in [2.75, 3.05) is 19.6 Å². The molecule has 10 nitrogen and oxygen atoms in total. The number of carbonyl (C=O) groups excluding carboxylic acids is 1. The fraction of sp³-hybridized carbons (Fsp3) is 0.429. The van der Waals surface area contributed by atoms with E-state index in [0.717, 1.165) is 38.5 Å². The second kappa shape index (κ2) is 16.1. The normalized spacial score (nSPS) is 16.6. The Balaban J connectivity index is 0.000000745. The first-order valence-electron chi connectivity index (χ1n) is 13.3. The van der Waals surface area contributed by atoms with Crippen molar-refractivity contribution < 1.29 is 27.9 Å². The molecule has 0 aromatic heterocycles. The number of fused-ring (bicyclic) bond motifs is 1. The molecular weight excluding hydrogens is 539 g/mol. The molecule has 0 saturated carbocycles. The Hall–Kier alpha value is -4.29. The average molecular weight is 578 g/mol. The van der Waals surface area contributed by atoms with Crippen molar-refractivity contribution in [2.45, 2.75) is 50.7 Å². The van der Waals surface area contributed by atoms with Gasteiger partial charge in [-0.3, -0.25) is 14.8 Å². The number of hydrogen-bond acceptors (Lipinski definition) is 4. The first-order valence-corrected chi connectivity index (χ1v) is 13.3. The first kappa shape index (κ1) is 32.9. The lowest BCUT2D eigenvalue weighted by Crippen LogP contribution is -2.46. The third kappa shape index (κ3) is 11.8. The zero-order chi connectivity index (χ0) is 30.4. The molecule has 1 aliphatic rings. The molecule has 0 unspecified atom stereocenters. The minimum Gasteiger partial charge on any atom is -0.475 e. The lowest BCUT2D eigenvalue weighted by Gasteiger charge is -2.36. The van der Waals surface area contributed by atoms with E-state index in [1.807, 2.05) is 11.0 Å². The molecule has 0 spiro atoms. The summed E-state index contributed by atoms with van der Waals surface area (Å²) in [6.07, 6.45) is 4.22. The van der Waals surface area contributed by atoms with Gasteiger partial charge in [0.1, 0.15) is 0 Å². The number of nitrogens with two attached hydrogens (primary N) is 4. The SMILES string of the molecule is NC(N)=NCCCC[C@H]1C=C[C@H](Cc2ccc3ccccc3c2)N(CCCCN=C(N)N)C1=O.O=C(O)C(F)(F)F. The van der Waals surface area contributed by atoms with Crippen LogP contribution in [0.2, 0.25) is 0 Å². The third-order valence-electron chi connectivity index (χ3n) is 6.39. The highest BCUT2D eigenvalue weighted by molar-refractivity contribution is 5.84. The maximum Gasteiger partial charge on any atom is 0.490 e. The van der Waals surface area contributed by atoms with Crippen LogP contribution in [-0.2, 0) is 16.0 Å². The summed E-state index contributed by atoms with van der Waals surface area (Å²) >= 11 is 0. The largest absolute Gasteiger partial charge is 0.490 e. The molecule has 1 heterocycles. The second-order valence-electron chi connectivity index (χ2n) is 9.59. The number of carbonyl (C=O) groups is 2. The Labute approximate surface area is 237 Å². The molecule has 2 aromatic rings. The number of unbranched alkanes of at least 4 members (excludes halogenated alkanes) is 2. The Kier molecular flexibility index (Phi) is 12.9. The summed E-state index contributed by atoms with van der Waals surface area (Å²) in [5.74, 6) is -2.46. The van der Waals surface area contributed by atoms with Gasteiger partial charge in [0.25, 0.3) is 0 Å². The van der Waals surface area contributed by atoms with E-state index >= 15 is 0 Å². The quantitative estimate of drug-likeness (QED) is 0.111. The van der Waals surface area contributed by atoms with Crippen LogP contribution in [-0.4, -0.2) is 65.7 Å². The van der Waals surface area contributed by atoms with Crippen LogP contribution >= 0.6 is 0 Å². The molecule has 0 bridgehead atoms. The predicted molar refractivity (Wildman–Crippen MR) is 154 cm³/mol. The van der Waals surface area contributed by atoms with Crippen LogP contribution in [0, 0.1) is 5.92 Å². The molecule has 9 N–H and O–H groups in total. The van der Waals surface area contributed by atoms with Crippen molar-refractivity contribution >= 4 is 34.6 Å². The van der Waals surface area contributed by atoms with E-state index in [1.54, 1.807) is 0 Å². The Morgan fingerprint density at radius 3 is 2.05 bits per heavy atom. The molecule has 1 amide bonds. The maximum absolute atomic E-state index is 13.4. The number of carboxylic acid groups (broad SMARTS) is 1. The van der Waals surface area contributed by atoms with Crippen LogP contribution in [0.4, 0.5) is 13.2 Å². The summed E-state index contributed by atoms with van der Waals surface area (Å²) in [5.41, 5.74) is 22.8. The van der Waals surface area contributed by atoms with Gasteiger partial charge in [0, 0.05) is 19.6 Å². The molecule has 13 heteroatoms. The molecule has 0 saturated heterocycles. The number of rotatable bonds is 12. The summed E-state index contributed by atoms with van der Waals surface area (Å²) in [6, 6.07) is 14.9. The van der Waals surface area contributed by atoms with Crippen LogP contribution in [0.15, 0.2) is 64.6 Å². The summed E-state index contributed by atoms with van der Waals surface area (Å²) in [4.78, 5) is 32.4. The van der Waals surface area contributed by atoms with Crippen LogP contribution in [0.25, 0.3) is 10.8 Å². The van der Waals surface area contributed by atoms with Gasteiger partial charge in [-0.1, -0.05) is 61.0 Å². The fourth-order valence-corrected chi connectivity index (χ4v) is 4.39. The van der Waals surface area contributed by atoms with E-state index < -0.39 is 12.1 Å². The van der Waals surface area contributed by atoms with Gasteiger partial charge in [0.05, 0.1) is 12.0 Å². The number of nitrogens with zero attached hydrogens (tertiary/aromatic N) is 3. The maximum atomic E-state index is 13.4. The standard InChI is InChI=1S/C26H37N7O.C2HF3O2/c27-25(28)31-14-4-3-8-21-12-13-23(33(24(21)34)16-6-5-15-32-26(29)30)18-19-10-11-20-7-1-2-9-22(20)17-19;3-2(4,5)1(6)7/h1-2,7,9-13,17,21,23H,3-6,8,14-16,18H2,(H4,27,28,31)(H4,29,30,32);(H,6,7)/t21-,23+;/m0./s1. The summed E-state index contributed by atoms with van der Waals surface area (Å²) < 4.78 is 31.7. The monoisotopic (exact) mass is 577 g/mol. The summed E-state index contributed by atoms with van der Waals surface area (Å²) in [6.45, 7) is 1.85.